The van der Waals surface area contributed by atoms with E-state index in [4.69, 9.17) is 5.84 Å². The number of thiophene rings is 1. The molecule has 2 rings (SSSR count). The third kappa shape index (κ3) is 4.30. The Morgan fingerprint density at radius 3 is 2.74 bits per heavy atom. The summed E-state index contributed by atoms with van der Waals surface area (Å²) in [6.07, 6.45) is 13.2. The Hall–Kier alpha value is -0.380. The summed E-state index contributed by atoms with van der Waals surface area (Å²) in [5, 5.41) is 0. The minimum Gasteiger partial charge on any atom is -0.271 e. The molecule has 3 heteroatoms. The Balaban J connectivity index is 1.73. The highest BCUT2D eigenvalue weighted by molar-refractivity contribution is 7.12. The van der Waals surface area contributed by atoms with Crippen molar-refractivity contribution in [3.8, 4) is 0 Å². The summed E-state index contributed by atoms with van der Waals surface area (Å²) in [6, 6.07) is 2.77. The van der Waals surface area contributed by atoms with Crippen LogP contribution in [0.1, 0.15) is 79.6 Å². The molecule has 1 heterocycles. The lowest BCUT2D eigenvalue weighted by Gasteiger charge is -2.14. The first kappa shape index (κ1) is 15.0. The zero-order valence-electron chi connectivity index (χ0n) is 12.2. The Labute approximate surface area is 121 Å². The van der Waals surface area contributed by atoms with Crippen LogP contribution >= 0.6 is 11.3 Å². The number of nitrogens with one attached hydrogen (secondary N) is 1. The van der Waals surface area contributed by atoms with Crippen LogP contribution in [0.5, 0.6) is 0 Å². The van der Waals surface area contributed by atoms with Crippen molar-refractivity contribution in [2.75, 3.05) is 0 Å². The first-order valence-electron chi connectivity index (χ1n) is 7.92. The minimum atomic E-state index is 0.377. The van der Waals surface area contributed by atoms with E-state index in [1.54, 1.807) is 10.4 Å². The molecule has 1 aromatic heterocycles. The van der Waals surface area contributed by atoms with Gasteiger partial charge in [-0.1, -0.05) is 45.4 Å². The molecule has 2 nitrogen and oxygen atoms in total. The van der Waals surface area contributed by atoms with Crippen LogP contribution in [0.3, 0.4) is 0 Å². The molecule has 0 aromatic carbocycles. The van der Waals surface area contributed by atoms with Crippen LogP contribution < -0.4 is 11.3 Å². The van der Waals surface area contributed by atoms with E-state index in [9.17, 15) is 0 Å². The van der Waals surface area contributed by atoms with Crippen molar-refractivity contribution in [3.63, 3.8) is 0 Å². The number of hydrazine groups is 1. The van der Waals surface area contributed by atoms with Gasteiger partial charge in [-0.2, -0.15) is 0 Å². The maximum absolute atomic E-state index is 5.74. The van der Waals surface area contributed by atoms with Gasteiger partial charge in [0.2, 0.25) is 0 Å². The smallest absolute Gasteiger partial charge is 0.0553 e. The summed E-state index contributed by atoms with van der Waals surface area (Å²) in [6.45, 7) is 2.27. The number of hydrogen-bond acceptors (Lipinski definition) is 3. The molecule has 0 bridgehead atoms. The predicted octanol–water partition coefficient (Wildman–Crippen LogP) is 4.49. The summed E-state index contributed by atoms with van der Waals surface area (Å²) in [5.74, 6) is 5.74. The minimum absolute atomic E-state index is 0.377. The first-order chi connectivity index (χ1) is 9.35. The number of nitrogens with two attached hydrogens (primary N) is 1. The van der Waals surface area contributed by atoms with E-state index >= 15 is 0 Å². The van der Waals surface area contributed by atoms with E-state index in [1.165, 1.54) is 69.1 Å². The second kappa shape index (κ2) is 8.03. The summed E-state index contributed by atoms with van der Waals surface area (Å²) in [7, 11) is 0. The molecule has 1 aliphatic rings. The third-order valence-corrected chi connectivity index (χ3v) is 5.51. The van der Waals surface area contributed by atoms with Crippen LogP contribution in [0.4, 0.5) is 0 Å². The maximum Gasteiger partial charge on any atom is 0.0553 e. The first-order valence-corrected chi connectivity index (χ1v) is 8.74. The Morgan fingerprint density at radius 1 is 1.21 bits per heavy atom. The Bertz CT molecular complexity index is 351. The zero-order valence-corrected chi connectivity index (χ0v) is 13.0. The van der Waals surface area contributed by atoms with Gasteiger partial charge in [-0.3, -0.25) is 11.3 Å². The fourth-order valence-electron chi connectivity index (χ4n) is 2.96. The standard InChI is InChI=1S/C16H28N2S/c1-2-3-4-5-6-7-10-14(18-17)16-12-13-9-8-11-15(13)19-16/h12,14,18H,2-11,17H2,1H3. The van der Waals surface area contributed by atoms with E-state index in [0.29, 0.717) is 6.04 Å². The number of hydrogen-bond donors (Lipinski definition) is 2. The zero-order chi connectivity index (χ0) is 13.5. The summed E-state index contributed by atoms with van der Waals surface area (Å²) in [5.41, 5.74) is 4.61. The van der Waals surface area contributed by atoms with Crippen LogP contribution in [0.25, 0.3) is 0 Å². The summed E-state index contributed by atoms with van der Waals surface area (Å²) >= 11 is 1.98. The number of aryl methyl sites for hydroxylation is 2. The summed E-state index contributed by atoms with van der Waals surface area (Å²) in [4.78, 5) is 3.07. The number of fused-ring (bicyclic) bond motifs is 1. The van der Waals surface area contributed by atoms with Crippen molar-refractivity contribution in [1.29, 1.82) is 0 Å². The highest BCUT2D eigenvalue weighted by Gasteiger charge is 2.19. The SMILES string of the molecule is CCCCCCCCC(NN)c1cc2c(s1)CCC2. The molecule has 0 radical (unpaired) electrons. The van der Waals surface area contributed by atoms with Crippen molar-refractivity contribution in [2.45, 2.75) is 77.2 Å². The van der Waals surface area contributed by atoms with E-state index in [0.717, 1.165) is 0 Å². The fourth-order valence-corrected chi connectivity index (χ4v) is 4.31. The topological polar surface area (TPSA) is 38.0 Å². The van der Waals surface area contributed by atoms with Gasteiger partial charge in [0.05, 0.1) is 6.04 Å². The van der Waals surface area contributed by atoms with Crippen molar-refractivity contribution in [1.82, 2.24) is 5.43 Å². The molecular formula is C16H28N2S. The molecule has 0 saturated carbocycles. The largest absolute Gasteiger partial charge is 0.271 e. The van der Waals surface area contributed by atoms with Crippen LogP contribution in [0.2, 0.25) is 0 Å². The molecule has 1 unspecified atom stereocenters. The van der Waals surface area contributed by atoms with Gasteiger partial charge >= 0.3 is 0 Å². The molecule has 0 fully saturated rings. The second-order valence-corrected chi connectivity index (χ2v) is 6.89. The lowest BCUT2D eigenvalue weighted by molar-refractivity contribution is 0.482. The number of unbranched alkanes of at least 4 members (excludes halogenated alkanes) is 5. The van der Waals surface area contributed by atoms with Crippen LogP contribution in [0, 0.1) is 0 Å². The van der Waals surface area contributed by atoms with Gasteiger partial charge in [0.15, 0.2) is 0 Å². The fraction of sp³-hybridized carbons (Fsp3) is 0.750. The van der Waals surface area contributed by atoms with E-state index in [2.05, 4.69) is 18.4 Å². The average molecular weight is 280 g/mol. The lowest BCUT2D eigenvalue weighted by atomic mass is 10.0. The van der Waals surface area contributed by atoms with Crippen molar-refractivity contribution in [3.05, 3.63) is 21.4 Å². The molecule has 3 N–H and O–H groups in total. The van der Waals surface area contributed by atoms with Crippen molar-refractivity contribution >= 4 is 11.3 Å². The molecule has 0 aliphatic heterocycles. The molecule has 0 saturated heterocycles. The monoisotopic (exact) mass is 280 g/mol. The average Bonchev–Trinajstić information content (AvgIpc) is 2.99. The molecule has 1 aromatic rings. The van der Waals surface area contributed by atoms with Gasteiger partial charge in [-0.05, 0) is 37.3 Å². The quantitative estimate of drug-likeness (QED) is 0.397. The van der Waals surface area contributed by atoms with Gasteiger partial charge in [-0.15, -0.1) is 11.3 Å². The molecule has 108 valence electrons. The Kier molecular flexibility index (Phi) is 6.35. The lowest BCUT2D eigenvalue weighted by Crippen LogP contribution is -2.27. The Morgan fingerprint density at radius 2 is 2.00 bits per heavy atom. The summed E-state index contributed by atoms with van der Waals surface area (Å²) < 4.78 is 0. The predicted molar refractivity (Wildman–Crippen MR) is 84.4 cm³/mol. The van der Waals surface area contributed by atoms with E-state index < -0.39 is 0 Å². The van der Waals surface area contributed by atoms with Crippen molar-refractivity contribution in [2.24, 2.45) is 5.84 Å². The van der Waals surface area contributed by atoms with E-state index in [1.807, 2.05) is 11.3 Å². The van der Waals surface area contributed by atoms with Gasteiger partial charge in [0, 0.05) is 9.75 Å². The van der Waals surface area contributed by atoms with Gasteiger partial charge in [0.25, 0.3) is 0 Å². The molecule has 0 spiro atoms. The molecule has 1 atom stereocenters. The van der Waals surface area contributed by atoms with Crippen LogP contribution in [0.15, 0.2) is 6.07 Å². The van der Waals surface area contributed by atoms with Gasteiger partial charge in [0.1, 0.15) is 0 Å². The van der Waals surface area contributed by atoms with Crippen LogP contribution in [-0.4, -0.2) is 0 Å². The maximum atomic E-state index is 5.74. The van der Waals surface area contributed by atoms with Gasteiger partial charge < -0.3 is 0 Å². The van der Waals surface area contributed by atoms with Gasteiger partial charge in [-0.25, -0.2) is 0 Å². The normalized spacial score (nSPS) is 15.7. The molecule has 19 heavy (non-hydrogen) atoms. The number of rotatable bonds is 9. The van der Waals surface area contributed by atoms with E-state index in [-0.39, 0.29) is 0 Å². The third-order valence-electron chi connectivity index (χ3n) is 4.16. The highest BCUT2D eigenvalue weighted by Crippen LogP contribution is 2.35. The second-order valence-electron chi connectivity index (χ2n) is 5.73. The highest BCUT2D eigenvalue weighted by atomic mass is 32.1. The molecule has 1 aliphatic carbocycles. The van der Waals surface area contributed by atoms with Crippen molar-refractivity contribution < 1.29 is 0 Å². The van der Waals surface area contributed by atoms with Crippen LogP contribution in [-0.2, 0) is 12.8 Å². The molecule has 0 amide bonds. The molecular weight excluding hydrogens is 252 g/mol.